The minimum atomic E-state index is -0.666. The van der Waals surface area contributed by atoms with Gasteiger partial charge in [-0.1, -0.05) is 20.3 Å². The lowest BCUT2D eigenvalue weighted by Crippen LogP contribution is -2.67. The van der Waals surface area contributed by atoms with Crippen LogP contribution < -0.4 is 0 Å². The summed E-state index contributed by atoms with van der Waals surface area (Å²) < 4.78 is 22.9. The Kier molecular flexibility index (Phi) is 5.71. The maximum Gasteiger partial charge on any atom is 0.302 e. The lowest BCUT2D eigenvalue weighted by atomic mass is 9.42. The topological polar surface area (TPSA) is 98.5 Å². The van der Waals surface area contributed by atoms with Crippen LogP contribution in [0.15, 0.2) is 23.0 Å². The highest BCUT2D eigenvalue weighted by atomic mass is 16.6. The fourth-order valence-corrected chi connectivity index (χ4v) is 6.72. The molecule has 1 saturated heterocycles. The Hall–Kier alpha value is -1.86. The fourth-order valence-electron chi connectivity index (χ4n) is 6.72. The Bertz CT molecular complexity index is 814. The molecule has 1 unspecified atom stereocenters. The van der Waals surface area contributed by atoms with Gasteiger partial charge in [-0.15, -0.1) is 0 Å². The summed E-state index contributed by atoms with van der Waals surface area (Å²) in [4.78, 5) is 23.9. The van der Waals surface area contributed by atoms with Crippen LogP contribution in [-0.2, 0) is 23.8 Å². The number of hydrogen-bond donors (Lipinski definition) is 1. The minimum Gasteiger partial charge on any atom is -0.472 e. The van der Waals surface area contributed by atoms with E-state index in [2.05, 4.69) is 13.8 Å². The number of ether oxygens (including phenoxy) is 3. The molecule has 2 aliphatic carbocycles. The number of aliphatic hydroxyl groups excluding tert-OH is 1. The Balaban J connectivity index is 1.77. The molecule has 1 N–H and O–H groups in total. The van der Waals surface area contributed by atoms with E-state index in [0.29, 0.717) is 19.4 Å². The zero-order valence-electron chi connectivity index (χ0n) is 18.9. The minimum absolute atomic E-state index is 0.0604. The molecule has 4 rings (SSSR count). The largest absolute Gasteiger partial charge is 0.472 e. The van der Waals surface area contributed by atoms with Crippen molar-refractivity contribution in [2.45, 2.75) is 77.6 Å². The Morgan fingerprint density at radius 2 is 2.06 bits per heavy atom. The predicted octanol–water partition coefficient (Wildman–Crippen LogP) is 3.80. The van der Waals surface area contributed by atoms with Crippen LogP contribution >= 0.6 is 0 Å². The highest BCUT2D eigenvalue weighted by Gasteiger charge is 2.75. The summed E-state index contributed by atoms with van der Waals surface area (Å²) in [5.41, 5.74) is -0.588. The smallest absolute Gasteiger partial charge is 0.302 e. The van der Waals surface area contributed by atoms with Crippen LogP contribution in [-0.4, -0.2) is 42.0 Å². The van der Waals surface area contributed by atoms with Gasteiger partial charge in [-0.3, -0.25) is 9.59 Å². The van der Waals surface area contributed by atoms with Crippen LogP contribution in [0, 0.1) is 22.7 Å². The first-order valence-electron chi connectivity index (χ1n) is 11.3. The summed E-state index contributed by atoms with van der Waals surface area (Å²) in [5.74, 6) is -0.440. The standard InChI is InChI=1S/C24H34O7/c1-15-10-21(31-17(3)26)24(14-29-16(2)25)20(6-5-8-23(24)13-30-23)22(15,4)11-19(27)18-7-9-28-12-18/h7,9,12,15,19-21,27H,5-6,8,10-11,13-14H2,1-4H3/t15-,19?,20-,21+,22+,23+,24+/m1/s1. The molecule has 3 aliphatic rings. The fraction of sp³-hybridized carbons (Fsp3) is 0.750. The lowest BCUT2D eigenvalue weighted by Gasteiger charge is -2.63. The number of aliphatic hydroxyl groups is 1. The second-order valence-corrected chi connectivity index (χ2v) is 10.1. The van der Waals surface area contributed by atoms with Crippen molar-refractivity contribution in [3.8, 4) is 0 Å². The first kappa shape index (κ1) is 22.3. The van der Waals surface area contributed by atoms with Gasteiger partial charge in [0, 0.05) is 19.4 Å². The maximum absolute atomic E-state index is 12.1. The SMILES string of the molecule is CC(=O)OC[C@@]12[C@@H](OC(C)=O)C[C@@H](C)[C@](C)(CC(O)c3ccoc3)[C@H]1CCC[C@]21CO1. The highest BCUT2D eigenvalue weighted by Crippen LogP contribution is 2.69. The number of rotatable bonds is 6. The molecule has 7 heteroatoms. The zero-order chi connectivity index (χ0) is 22.4. The van der Waals surface area contributed by atoms with Crippen molar-refractivity contribution < 1.29 is 33.3 Å². The predicted molar refractivity (Wildman–Crippen MR) is 111 cm³/mol. The van der Waals surface area contributed by atoms with E-state index in [1.165, 1.54) is 13.8 Å². The monoisotopic (exact) mass is 434 g/mol. The first-order chi connectivity index (χ1) is 14.6. The van der Waals surface area contributed by atoms with Gasteiger partial charge in [0.1, 0.15) is 18.3 Å². The molecule has 1 aromatic rings. The van der Waals surface area contributed by atoms with E-state index in [0.717, 1.165) is 24.8 Å². The average molecular weight is 435 g/mol. The third-order valence-corrected chi connectivity index (χ3v) is 8.48. The quantitative estimate of drug-likeness (QED) is 0.537. The second-order valence-electron chi connectivity index (χ2n) is 10.1. The Labute approximate surface area is 183 Å². The molecule has 172 valence electrons. The van der Waals surface area contributed by atoms with E-state index in [9.17, 15) is 14.7 Å². The van der Waals surface area contributed by atoms with E-state index >= 15 is 0 Å². The zero-order valence-corrected chi connectivity index (χ0v) is 18.9. The number of esters is 2. The molecule has 0 amide bonds. The van der Waals surface area contributed by atoms with Gasteiger partial charge in [-0.25, -0.2) is 0 Å². The molecule has 7 nitrogen and oxygen atoms in total. The van der Waals surface area contributed by atoms with Crippen molar-refractivity contribution in [3.63, 3.8) is 0 Å². The van der Waals surface area contributed by atoms with Crippen LogP contribution in [0.4, 0.5) is 0 Å². The molecule has 1 spiro atoms. The second kappa shape index (κ2) is 7.93. The van der Waals surface area contributed by atoms with Crippen molar-refractivity contribution >= 4 is 11.9 Å². The van der Waals surface area contributed by atoms with Gasteiger partial charge in [-0.05, 0) is 49.0 Å². The number of fused-ring (bicyclic) bond motifs is 2. The normalized spacial score (nSPS) is 40.1. The van der Waals surface area contributed by atoms with Crippen molar-refractivity contribution in [1.82, 2.24) is 0 Å². The summed E-state index contributed by atoms with van der Waals surface area (Å²) in [7, 11) is 0. The van der Waals surface area contributed by atoms with Crippen LogP contribution in [0.5, 0.6) is 0 Å². The van der Waals surface area contributed by atoms with Gasteiger partial charge in [0.05, 0.1) is 30.7 Å². The lowest BCUT2D eigenvalue weighted by molar-refractivity contribution is -0.232. The van der Waals surface area contributed by atoms with E-state index in [1.807, 2.05) is 0 Å². The number of hydrogen-bond acceptors (Lipinski definition) is 7. The van der Waals surface area contributed by atoms with Crippen molar-refractivity contribution in [2.75, 3.05) is 13.2 Å². The molecule has 3 fully saturated rings. The molecule has 0 radical (unpaired) electrons. The summed E-state index contributed by atoms with van der Waals surface area (Å²) in [6, 6.07) is 1.79. The number of carbonyl (C=O) groups excluding carboxylic acids is 2. The maximum atomic E-state index is 12.1. The van der Waals surface area contributed by atoms with Crippen molar-refractivity contribution in [3.05, 3.63) is 24.2 Å². The Morgan fingerprint density at radius 3 is 2.65 bits per heavy atom. The Morgan fingerprint density at radius 1 is 1.32 bits per heavy atom. The summed E-state index contributed by atoms with van der Waals surface area (Å²) >= 11 is 0. The average Bonchev–Trinajstić information content (AvgIpc) is 3.25. The molecule has 2 heterocycles. The molecule has 0 bridgehead atoms. The first-order valence-corrected chi connectivity index (χ1v) is 11.3. The third kappa shape index (κ3) is 3.59. The number of epoxide rings is 1. The van der Waals surface area contributed by atoms with Crippen LogP contribution in [0.25, 0.3) is 0 Å². The molecule has 7 atom stereocenters. The molecule has 31 heavy (non-hydrogen) atoms. The molecular weight excluding hydrogens is 400 g/mol. The van der Waals surface area contributed by atoms with Gasteiger partial charge in [0.25, 0.3) is 0 Å². The van der Waals surface area contributed by atoms with Crippen LogP contribution in [0.3, 0.4) is 0 Å². The summed E-state index contributed by atoms with van der Waals surface area (Å²) in [6.45, 7) is 7.97. The van der Waals surface area contributed by atoms with E-state index in [-0.39, 0.29) is 35.8 Å². The van der Waals surface area contributed by atoms with Gasteiger partial charge >= 0.3 is 11.9 Å². The molecular formula is C24H34O7. The van der Waals surface area contributed by atoms with Gasteiger partial charge < -0.3 is 23.7 Å². The summed E-state index contributed by atoms with van der Waals surface area (Å²) in [6.07, 6.45) is 6.03. The molecule has 1 aliphatic heterocycles. The van der Waals surface area contributed by atoms with Crippen LogP contribution in [0.2, 0.25) is 0 Å². The van der Waals surface area contributed by atoms with E-state index < -0.39 is 23.2 Å². The highest BCUT2D eigenvalue weighted by molar-refractivity contribution is 5.67. The van der Waals surface area contributed by atoms with E-state index in [4.69, 9.17) is 18.6 Å². The van der Waals surface area contributed by atoms with Gasteiger partial charge in [0.2, 0.25) is 0 Å². The van der Waals surface area contributed by atoms with Crippen molar-refractivity contribution in [2.24, 2.45) is 22.7 Å². The number of furan rings is 1. The molecule has 2 saturated carbocycles. The van der Waals surface area contributed by atoms with Gasteiger partial charge in [0.15, 0.2) is 0 Å². The van der Waals surface area contributed by atoms with Crippen LogP contribution in [0.1, 0.15) is 71.5 Å². The van der Waals surface area contributed by atoms with Crippen molar-refractivity contribution in [1.29, 1.82) is 0 Å². The molecule has 1 aromatic heterocycles. The summed E-state index contributed by atoms with van der Waals surface area (Å²) in [5, 5.41) is 11.0. The third-order valence-electron chi connectivity index (χ3n) is 8.48. The van der Waals surface area contributed by atoms with Gasteiger partial charge in [-0.2, -0.15) is 0 Å². The number of carbonyl (C=O) groups is 2. The van der Waals surface area contributed by atoms with E-state index in [1.54, 1.807) is 18.6 Å². The molecule has 0 aromatic carbocycles.